The van der Waals surface area contributed by atoms with E-state index in [1.54, 1.807) is 20.8 Å². The molecule has 1 aliphatic rings. The lowest BCUT2D eigenvalue weighted by molar-refractivity contribution is 0.0223. The topological polar surface area (TPSA) is 76.5 Å². The molecule has 0 unspecified atom stereocenters. The van der Waals surface area contributed by atoms with Crippen molar-refractivity contribution in [3.05, 3.63) is 82.3 Å². The van der Waals surface area contributed by atoms with Crippen LogP contribution >= 0.6 is 0 Å². The Hall–Kier alpha value is -3.89. The number of hydrogen-bond donors (Lipinski definition) is 1. The van der Waals surface area contributed by atoms with Gasteiger partial charge in [-0.1, -0.05) is 0 Å². The molecule has 1 aliphatic heterocycles. The molecule has 0 bridgehead atoms. The maximum atomic E-state index is 14.8. The van der Waals surface area contributed by atoms with Gasteiger partial charge in [-0.3, -0.25) is 4.79 Å². The number of anilines is 1. The van der Waals surface area contributed by atoms with Gasteiger partial charge in [0.1, 0.15) is 11.4 Å². The van der Waals surface area contributed by atoms with Crippen molar-refractivity contribution in [3.8, 4) is 0 Å². The lowest BCUT2D eigenvalue weighted by Crippen LogP contribution is -2.40. The van der Waals surface area contributed by atoms with Crippen molar-refractivity contribution in [3.63, 3.8) is 0 Å². The minimum absolute atomic E-state index is 0.0294. The zero-order chi connectivity index (χ0) is 26.2. The normalized spacial score (nSPS) is 13.4. The Bertz CT molecular complexity index is 1310. The summed E-state index contributed by atoms with van der Waals surface area (Å²) < 4.78 is 61.6. The van der Waals surface area contributed by atoms with Crippen LogP contribution in [0.25, 0.3) is 0 Å². The molecule has 190 valence electrons. The van der Waals surface area contributed by atoms with Crippen LogP contribution in [0.1, 0.15) is 47.8 Å². The van der Waals surface area contributed by atoms with Gasteiger partial charge >= 0.3 is 6.09 Å². The summed E-state index contributed by atoms with van der Waals surface area (Å²) in [4.78, 5) is 30.5. The predicted octanol–water partition coefficient (Wildman–Crippen LogP) is 5.03. The van der Waals surface area contributed by atoms with Crippen LogP contribution in [0, 0.1) is 23.3 Å². The number of hydrogen-bond acceptors (Lipinski definition) is 4. The van der Waals surface area contributed by atoms with Gasteiger partial charge < -0.3 is 19.5 Å². The smallest absolute Gasteiger partial charge is 0.410 e. The number of nitrogens with zero attached hydrogens (tertiary/aromatic N) is 3. The minimum Gasteiger partial charge on any atom is -0.444 e. The summed E-state index contributed by atoms with van der Waals surface area (Å²) in [6.07, 6.45) is 2.64. The van der Waals surface area contributed by atoms with Gasteiger partial charge in [0.05, 0.1) is 11.9 Å². The summed E-state index contributed by atoms with van der Waals surface area (Å²) in [6, 6.07) is 4.41. The molecule has 3 aromatic rings. The molecule has 7 nitrogen and oxygen atoms in total. The van der Waals surface area contributed by atoms with Crippen LogP contribution in [-0.4, -0.2) is 38.6 Å². The molecule has 1 N–H and O–H groups in total. The SMILES string of the molecule is CC(C)(C)OC(=O)N1CCc2cc(C(=O)Nc3cn(Cc4cc(F)c(F)c(F)c4)cn3)c(F)cc2C1. The molecule has 0 saturated heterocycles. The second-order valence-corrected chi connectivity index (χ2v) is 9.51. The molecule has 1 aromatic heterocycles. The van der Waals surface area contributed by atoms with Gasteiger partial charge in [0, 0.05) is 25.8 Å². The maximum absolute atomic E-state index is 14.8. The van der Waals surface area contributed by atoms with Crippen molar-refractivity contribution in [2.45, 2.75) is 45.9 Å². The lowest BCUT2D eigenvalue weighted by Gasteiger charge is -2.31. The minimum atomic E-state index is -1.55. The van der Waals surface area contributed by atoms with Crippen molar-refractivity contribution < 1.29 is 31.9 Å². The predicted molar refractivity (Wildman–Crippen MR) is 122 cm³/mol. The van der Waals surface area contributed by atoms with E-state index in [1.165, 1.54) is 34.1 Å². The number of benzene rings is 2. The fourth-order valence-corrected chi connectivity index (χ4v) is 3.84. The van der Waals surface area contributed by atoms with Crippen LogP contribution < -0.4 is 5.32 Å². The number of fused-ring (bicyclic) bond motifs is 1. The highest BCUT2D eigenvalue weighted by molar-refractivity contribution is 6.04. The van der Waals surface area contributed by atoms with E-state index in [4.69, 9.17) is 4.74 Å². The molecule has 36 heavy (non-hydrogen) atoms. The van der Waals surface area contributed by atoms with E-state index in [1.807, 2.05) is 0 Å². The standard InChI is InChI=1S/C25H24F4N4O3/c1-25(2,3)36-24(35)33-5-4-15-8-17(18(26)9-16(15)11-33)23(34)31-21-12-32(13-30-21)10-14-6-19(27)22(29)20(28)7-14/h6-9,12-13H,4-5,10-11H2,1-3H3,(H,31,34). The van der Waals surface area contributed by atoms with Crippen molar-refractivity contribution in [2.75, 3.05) is 11.9 Å². The monoisotopic (exact) mass is 504 g/mol. The quantitative estimate of drug-likeness (QED) is 0.399. The number of carbonyl (C=O) groups excluding carboxylic acids is 2. The van der Waals surface area contributed by atoms with Crippen LogP contribution in [0.2, 0.25) is 0 Å². The highest BCUT2D eigenvalue weighted by atomic mass is 19.2. The number of carbonyl (C=O) groups is 2. The second-order valence-electron chi connectivity index (χ2n) is 9.51. The van der Waals surface area contributed by atoms with E-state index >= 15 is 0 Å². The van der Waals surface area contributed by atoms with E-state index in [0.29, 0.717) is 18.5 Å². The molecular weight excluding hydrogens is 480 g/mol. The fraction of sp³-hybridized carbons (Fsp3) is 0.320. The number of imidazole rings is 1. The number of rotatable bonds is 4. The molecular formula is C25H24F4N4O3. The summed E-state index contributed by atoms with van der Waals surface area (Å²) in [7, 11) is 0. The van der Waals surface area contributed by atoms with Crippen molar-refractivity contribution >= 4 is 17.8 Å². The number of amides is 2. The summed E-state index contributed by atoms with van der Waals surface area (Å²) in [5.74, 6) is -5.56. The Morgan fingerprint density at radius 3 is 2.39 bits per heavy atom. The number of ether oxygens (including phenoxy) is 1. The molecule has 2 heterocycles. The van der Waals surface area contributed by atoms with Gasteiger partial charge in [-0.05, 0) is 68.1 Å². The van der Waals surface area contributed by atoms with Gasteiger partial charge in [-0.2, -0.15) is 0 Å². The van der Waals surface area contributed by atoms with Crippen LogP contribution in [0.4, 0.5) is 28.2 Å². The van der Waals surface area contributed by atoms with Gasteiger partial charge in [-0.15, -0.1) is 0 Å². The van der Waals surface area contributed by atoms with Crippen molar-refractivity contribution in [2.24, 2.45) is 0 Å². The molecule has 2 aromatic carbocycles. The maximum Gasteiger partial charge on any atom is 0.410 e. The number of halogens is 4. The molecule has 4 rings (SSSR count). The first kappa shape index (κ1) is 25.2. The van der Waals surface area contributed by atoms with E-state index in [9.17, 15) is 27.2 Å². The number of aromatic nitrogens is 2. The molecule has 2 amide bonds. The Kier molecular flexibility index (Phi) is 6.75. The van der Waals surface area contributed by atoms with Crippen LogP contribution in [0.5, 0.6) is 0 Å². The first-order chi connectivity index (χ1) is 16.9. The molecule has 0 radical (unpaired) electrons. The largest absolute Gasteiger partial charge is 0.444 e. The Balaban J connectivity index is 1.43. The number of nitrogens with one attached hydrogen (secondary N) is 1. The summed E-state index contributed by atoms with van der Waals surface area (Å²) in [6.45, 7) is 5.79. The average Bonchev–Trinajstić information content (AvgIpc) is 3.21. The first-order valence-electron chi connectivity index (χ1n) is 11.2. The Morgan fingerprint density at radius 1 is 1.03 bits per heavy atom. The molecule has 0 spiro atoms. The van der Waals surface area contributed by atoms with Crippen LogP contribution in [-0.2, 0) is 24.2 Å². The van der Waals surface area contributed by atoms with Crippen molar-refractivity contribution in [1.29, 1.82) is 0 Å². The third-order valence-corrected chi connectivity index (χ3v) is 5.48. The summed E-state index contributed by atoms with van der Waals surface area (Å²) in [5, 5.41) is 2.49. The second kappa shape index (κ2) is 9.63. The van der Waals surface area contributed by atoms with Crippen molar-refractivity contribution in [1.82, 2.24) is 14.5 Å². The average molecular weight is 504 g/mol. The zero-order valence-corrected chi connectivity index (χ0v) is 19.9. The van der Waals surface area contributed by atoms with Gasteiger partial charge in [0.15, 0.2) is 23.3 Å². The summed E-state index contributed by atoms with van der Waals surface area (Å²) >= 11 is 0. The van der Waals surface area contributed by atoms with E-state index in [0.717, 1.165) is 17.7 Å². The third kappa shape index (κ3) is 5.67. The molecule has 0 atom stereocenters. The highest BCUT2D eigenvalue weighted by Gasteiger charge is 2.27. The molecule has 0 aliphatic carbocycles. The lowest BCUT2D eigenvalue weighted by atomic mass is 9.96. The molecule has 0 fully saturated rings. The van der Waals surface area contributed by atoms with E-state index in [-0.39, 0.29) is 30.0 Å². The van der Waals surface area contributed by atoms with Crippen LogP contribution in [0.3, 0.4) is 0 Å². The first-order valence-corrected chi connectivity index (χ1v) is 11.2. The van der Waals surface area contributed by atoms with Gasteiger partial charge in [0.25, 0.3) is 5.91 Å². The van der Waals surface area contributed by atoms with Gasteiger partial charge in [-0.25, -0.2) is 27.3 Å². The zero-order valence-electron chi connectivity index (χ0n) is 19.9. The third-order valence-electron chi connectivity index (χ3n) is 5.48. The molecule has 0 saturated carbocycles. The van der Waals surface area contributed by atoms with E-state index < -0.39 is 40.9 Å². The van der Waals surface area contributed by atoms with E-state index in [2.05, 4.69) is 10.3 Å². The summed E-state index contributed by atoms with van der Waals surface area (Å²) in [5.41, 5.74) is 0.652. The Morgan fingerprint density at radius 2 is 1.72 bits per heavy atom. The molecule has 11 heteroatoms. The van der Waals surface area contributed by atoms with Gasteiger partial charge in [0.2, 0.25) is 0 Å². The van der Waals surface area contributed by atoms with Crippen LogP contribution in [0.15, 0.2) is 36.8 Å². The Labute approximate surface area is 204 Å². The highest BCUT2D eigenvalue weighted by Crippen LogP contribution is 2.25. The fourth-order valence-electron chi connectivity index (χ4n) is 3.84.